The SMILES string of the molecule is CC1(C)CN(c2cc(-c3n[nH]c4ccc(OC5(C)CC5)cc34)ncn2)CCN1.[HH]. The Kier molecular flexibility index (Phi) is 3.84. The first-order valence-electron chi connectivity index (χ1n) is 9.90. The minimum Gasteiger partial charge on any atom is -0.488 e. The summed E-state index contributed by atoms with van der Waals surface area (Å²) in [6.07, 6.45) is 3.85. The summed E-state index contributed by atoms with van der Waals surface area (Å²) < 4.78 is 6.13. The van der Waals surface area contributed by atoms with Gasteiger partial charge < -0.3 is 15.0 Å². The fourth-order valence-corrected chi connectivity index (χ4v) is 3.80. The highest BCUT2D eigenvalue weighted by atomic mass is 16.5. The topological polar surface area (TPSA) is 79.0 Å². The van der Waals surface area contributed by atoms with Crippen LogP contribution in [-0.4, -0.2) is 50.9 Å². The fourth-order valence-electron chi connectivity index (χ4n) is 3.80. The third-order valence-electron chi connectivity index (χ3n) is 5.64. The third kappa shape index (κ3) is 3.30. The quantitative estimate of drug-likeness (QED) is 0.722. The van der Waals surface area contributed by atoms with Gasteiger partial charge in [-0.25, -0.2) is 9.97 Å². The van der Waals surface area contributed by atoms with Crippen LogP contribution in [0.4, 0.5) is 5.82 Å². The second-order valence-corrected chi connectivity index (χ2v) is 8.83. The van der Waals surface area contributed by atoms with Crippen molar-refractivity contribution in [1.29, 1.82) is 0 Å². The van der Waals surface area contributed by atoms with Crippen molar-refractivity contribution in [2.45, 2.75) is 44.8 Å². The van der Waals surface area contributed by atoms with E-state index >= 15 is 0 Å². The standard InChI is InChI=1S/C21H26N6O.H2/c1-20(2)12-27(9-8-24-20)18-11-17(22-13-23-18)19-15-10-14(28-21(3)6-7-21)4-5-16(15)25-26-19;/h4-5,10-11,13,24H,6-9,12H2,1-3H3,(H,25,26);1H. The lowest BCUT2D eigenvalue weighted by Crippen LogP contribution is -2.57. The van der Waals surface area contributed by atoms with Crippen molar-refractivity contribution < 1.29 is 6.16 Å². The second-order valence-electron chi connectivity index (χ2n) is 8.83. The van der Waals surface area contributed by atoms with E-state index in [0.29, 0.717) is 0 Å². The highest BCUT2D eigenvalue weighted by Gasteiger charge is 2.40. The zero-order valence-corrected chi connectivity index (χ0v) is 16.6. The fraction of sp³-hybridized carbons (Fsp3) is 0.476. The Bertz CT molecular complexity index is 1030. The number of piperazine rings is 1. The van der Waals surface area contributed by atoms with E-state index in [2.05, 4.69) is 57.2 Å². The molecule has 7 heteroatoms. The molecule has 1 aliphatic carbocycles. The molecule has 1 saturated carbocycles. The molecule has 2 fully saturated rings. The number of aromatic nitrogens is 4. The number of hydrogen-bond donors (Lipinski definition) is 2. The largest absolute Gasteiger partial charge is 0.488 e. The minimum absolute atomic E-state index is 0. The van der Waals surface area contributed by atoms with Crippen molar-refractivity contribution in [3.63, 3.8) is 0 Å². The lowest BCUT2D eigenvalue weighted by molar-refractivity contribution is 0.200. The molecule has 0 unspecified atom stereocenters. The maximum absolute atomic E-state index is 6.13. The number of hydrogen-bond acceptors (Lipinski definition) is 6. The van der Waals surface area contributed by atoms with Gasteiger partial charge in [0.05, 0.1) is 11.2 Å². The van der Waals surface area contributed by atoms with Crippen LogP contribution in [0, 0.1) is 0 Å². The summed E-state index contributed by atoms with van der Waals surface area (Å²) in [5.41, 5.74) is 2.69. The zero-order chi connectivity index (χ0) is 19.4. The maximum atomic E-state index is 6.13. The predicted molar refractivity (Wildman–Crippen MR) is 112 cm³/mol. The highest BCUT2D eigenvalue weighted by molar-refractivity contribution is 5.93. The summed E-state index contributed by atoms with van der Waals surface area (Å²) in [6.45, 7) is 9.35. The Morgan fingerprint density at radius 2 is 2.00 bits per heavy atom. The van der Waals surface area contributed by atoms with Gasteiger partial charge in [0.15, 0.2) is 0 Å². The molecule has 5 rings (SSSR count). The van der Waals surface area contributed by atoms with Crippen LogP contribution < -0.4 is 15.0 Å². The molecular weight excluding hydrogens is 352 g/mol. The number of aromatic amines is 1. The van der Waals surface area contributed by atoms with E-state index in [1.165, 1.54) is 0 Å². The van der Waals surface area contributed by atoms with Gasteiger partial charge in [-0.15, -0.1) is 0 Å². The number of benzene rings is 1. The van der Waals surface area contributed by atoms with Crippen molar-refractivity contribution in [2.75, 3.05) is 24.5 Å². The van der Waals surface area contributed by atoms with E-state index < -0.39 is 0 Å². The first kappa shape index (κ1) is 17.4. The van der Waals surface area contributed by atoms with Gasteiger partial charge in [-0.3, -0.25) is 5.10 Å². The Morgan fingerprint density at radius 3 is 2.79 bits per heavy atom. The van der Waals surface area contributed by atoms with E-state index in [9.17, 15) is 0 Å². The lowest BCUT2D eigenvalue weighted by Gasteiger charge is -2.39. The average molecular weight is 380 g/mol. The Hall–Kier alpha value is -2.67. The van der Waals surface area contributed by atoms with Crippen molar-refractivity contribution in [3.8, 4) is 17.1 Å². The van der Waals surface area contributed by atoms with Gasteiger partial charge in [-0.1, -0.05) is 0 Å². The van der Waals surface area contributed by atoms with Gasteiger partial charge >= 0.3 is 0 Å². The van der Waals surface area contributed by atoms with Gasteiger partial charge in [-0.05, 0) is 51.8 Å². The monoisotopic (exact) mass is 380 g/mol. The molecule has 2 aliphatic rings. The molecule has 3 heterocycles. The Labute approximate surface area is 166 Å². The van der Waals surface area contributed by atoms with Crippen molar-refractivity contribution >= 4 is 16.7 Å². The number of nitrogens with zero attached hydrogens (tertiary/aromatic N) is 4. The molecule has 1 aromatic carbocycles. The van der Waals surface area contributed by atoms with E-state index in [1.54, 1.807) is 6.33 Å². The van der Waals surface area contributed by atoms with Crippen molar-refractivity contribution in [2.24, 2.45) is 0 Å². The van der Waals surface area contributed by atoms with E-state index in [4.69, 9.17) is 4.74 Å². The normalized spacial score (nSPS) is 20.3. The van der Waals surface area contributed by atoms with Crippen LogP contribution in [0.5, 0.6) is 5.75 Å². The number of fused-ring (bicyclic) bond motifs is 1. The summed E-state index contributed by atoms with van der Waals surface area (Å²) in [5, 5.41) is 12.2. The Morgan fingerprint density at radius 1 is 1.14 bits per heavy atom. The summed E-state index contributed by atoms with van der Waals surface area (Å²) in [4.78, 5) is 11.3. The molecule has 0 amide bonds. The average Bonchev–Trinajstić information content (AvgIpc) is 3.24. The Balaban J connectivity index is 0.00000205. The van der Waals surface area contributed by atoms with Crippen LogP contribution in [0.25, 0.3) is 22.3 Å². The molecular formula is C21H28N6O. The third-order valence-corrected chi connectivity index (χ3v) is 5.64. The van der Waals surface area contributed by atoms with Crippen LogP contribution >= 0.6 is 0 Å². The molecule has 148 valence electrons. The van der Waals surface area contributed by atoms with E-state index in [1.807, 2.05) is 18.2 Å². The molecule has 0 atom stereocenters. The van der Waals surface area contributed by atoms with Gasteiger partial charge in [-0.2, -0.15) is 5.10 Å². The summed E-state index contributed by atoms with van der Waals surface area (Å²) >= 11 is 0. The first-order chi connectivity index (χ1) is 13.4. The van der Waals surface area contributed by atoms with Crippen LogP contribution in [0.3, 0.4) is 0 Å². The van der Waals surface area contributed by atoms with Crippen LogP contribution in [-0.2, 0) is 0 Å². The molecule has 0 radical (unpaired) electrons. The predicted octanol–water partition coefficient (Wildman–Crippen LogP) is 3.39. The van der Waals surface area contributed by atoms with Gasteiger partial charge in [0.25, 0.3) is 0 Å². The van der Waals surface area contributed by atoms with Crippen LogP contribution in [0.2, 0.25) is 0 Å². The van der Waals surface area contributed by atoms with Gasteiger partial charge in [0.2, 0.25) is 0 Å². The number of anilines is 1. The molecule has 3 aromatic rings. The molecule has 28 heavy (non-hydrogen) atoms. The molecule has 1 aliphatic heterocycles. The first-order valence-corrected chi connectivity index (χ1v) is 9.90. The van der Waals surface area contributed by atoms with Crippen molar-refractivity contribution in [1.82, 2.24) is 25.5 Å². The molecule has 0 bridgehead atoms. The summed E-state index contributed by atoms with van der Waals surface area (Å²) in [7, 11) is 0. The maximum Gasteiger partial charge on any atom is 0.132 e. The molecule has 7 nitrogen and oxygen atoms in total. The zero-order valence-electron chi connectivity index (χ0n) is 16.6. The van der Waals surface area contributed by atoms with E-state index in [0.717, 1.165) is 66.3 Å². The smallest absolute Gasteiger partial charge is 0.132 e. The molecule has 1 saturated heterocycles. The molecule has 2 N–H and O–H groups in total. The van der Waals surface area contributed by atoms with E-state index in [-0.39, 0.29) is 12.6 Å². The number of rotatable bonds is 4. The second kappa shape index (κ2) is 6.17. The summed E-state index contributed by atoms with van der Waals surface area (Å²) in [5.74, 6) is 1.82. The van der Waals surface area contributed by atoms with Gasteiger partial charge in [0, 0.05) is 38.1 Å². The summed E-state index contributed by atoms with van der Waals surface area (Å²) in [6, 6.07) is 8.12. The van der Waals surface area contributed by atoms with Gasteiger partial charge in [0.1, 0.15) is 29.2 Å². The number of H-pyrrole nitrogens is 1. The number of nitrogens with one attached hydrogen (secondary N) is 2. The minimum atomic E-state index is -0.00520. The van der Waals surface area contributed by atoms with Crippen molar-refractivity contribution in [3.05, 3.63) is 30.6 Å². The lowest BCUT2D eigenvalue weighted by atomic mass is 10.0. The highest BCUT2D eigenvalue weighted by Crippen LogP contribution is 2.40. The molecule has 2 aromatic heterocycles. The van der Waals surface area contributed by atoms with Crippen LogP contribution in [0.1, 0.15) is 35.0 Å². The molecule has 0 spiro atoms. The number of ether oxygens (including phenoxy) is 1. The van der Waals surface area contributed by atoms with Crippen LogP contribution in [0.15, 0.2) is 30.6 Å².